The van der Waals surface area contributed by atoms with E-state index in [0.717, 1.165) is 19.3 Å². The predicted octanol–water partition coefficient (Wildman–Crippen LogP) is 3.79. The highest BCUT2D eigenvalue weighted by Crippen LogP contribution is 2.30. The summed E-state index contributed by atoms with van der Waals surface area (Å²) < 4.78 is 13.5. The third-order valence-corrected chi connectivity index (χ3v) is 4.90. The van der Waals surface area contributed by atoms with Crippen molar-refractivity contribution in [2.45, 2.75) is 19.3 Å². The molecular formula is C15H12ClFN2OS. The van der Waals surface area contributed by atoms with Gasteiger partial charge in [-0.1, -0.05) is 17.7 Å². The SMILES string of the molecule is O=C(N/N=C\c1c(F)cccc1Cl)c1cc2c(s1)CCC2. The van der Waals surface area contributed by atoms with Crippen molar-refractivity contribution in [1.82, 2.24) is 5.43 Å². The van der Waals surface area contributed by atoms with Crippen molar-refractivity contribution < 1.29 is 9.18 Å². The number of amides is 1. The summed E-state index contributed by atoms with van der Waals surface area (Å²) in [6.45, 7) is 0. The van der Waals surface area contributed by atoms with Crippen molar-refractivity contribution in [3.8, 4) is 0 Å². The van der Waals surface area contributed by atoms with E-state index in [0.29, 0.717) is 4.88 Å². The molecule has 0 saturated carbocycles. The van der Waals surface area contributed by atoms with Gasteiger partial charge < -0.3 is 0 Å². The largest absolute Gasteiger partial charge is 0.281 e. The fraction of sp³-hybridized carbons (Fsp3) is 0.200. The van der Waals surface area contributed by atoms with E-state index in [4.69, 9.17) is 11.6 Å². The highest BCUT2D eigenvalue weighted by atomic mass is 35.5. The summed E-state index contributed by atoms with van der Waals surface area (Å²) >= 11 is 7.37. The Balaban J connectivity index is 1.69. The van der Waals surface area contributed by atoms with Gasteiger partial charge in [-0.15, -0.1) is 11.3 Å². The second-order valence-electron chi connectivity index (χ2n) is 4.75. The van der Waals surface area contributed by atoms with E-state index < -0.39 is 5.82 Å². The fourth-order valence-corrected chi connectivity index (χ4v) is 3.64. The smallest absolute Gasteiger partial charge is 0.266 e. The standard InChI is InChI=1S/C15H12ClFN2OS/c16-11-4-2-5-12(17)10(11)8-18-19-15(20)14-7-9-3-1-6-13(9)21-14/h2,4-5,7-8H,1,3,6H2,(H,19,20)/b18-8-. The lowest BCUT2D eigenvalue weighted by molar-refractivity contribution is 0.0959. The Kier molecular flexibility index (Phi) is 4.03. The maximum atomic E-state index is 13.5. The molecule has 0 saturated heterocycles. The van der Waals surface area contributed by atoms with Crippen molar-refractivity contribution in [3.05, 3.63) is 56.0 Å². The molecule has 0 spiro atoms. The number of thiophene rings is 1. The zero-order chi connectivity index (χ0) is 14.8. The summed E-state index contributed by atoms with van der Waals surface area (Å²) in [5.74, 6) is -0.756. The van der Waals surface area contributed by atoms with E-state index in [1.165, 1.54) is 40.1 Å². The Hall–Kier alpha value is -1.72. The molecule has 1 heterocycles. The first-order chi connectivity index (χ1) is 10.1. The quantitative estimate of drug-likeness (QED) is 0.678. The van der Waals surface area contributed by atoms with Gasteiger partial charge in [-0.25, -0.2) is 9.82 Å². The number of rotatable bonds is 3. The predicted molar refractivity (Wildman–Crippen MR) is 82.8 cm³/mol. The minimum Gasteiger partial charge on any atom is -0.266 e. The summed E-state index contributed by atoms with van der Waals surface area (Å²) in [6.07, 6.45) is 4.46. The monoisotopic (exact) mass is 322 g/mol. The molecule has 1 aromatic carbocycles. The normalized spacial score (nSPS) is 13.6. The van der Waals surface area contributed by atoms with E-state index in [-0.39, 0.29) is 16.5 Å². The van der Waals surface area contributed by atoms with Crippen LogP contribution in [-0.4, -0.2) is 12.1 Å². The number of carbonyl (C=O) groups excluding carboxylic acids is 1. The van der Waals surface area contributed by atoms with Crippen LogP contribution >= 0.6 is 22.9 Å². The molecule has 108 valence electrons. The second kappa shape index (κ2) is 5.95. The molecule has 0 unspecified atom stereocenters. The van der Waals surface area contributed by atoms with Crippen LogP contribution in [0.5, 0.6) is 0 Å². The van der Waals surface area contributed by atoms with Crippen molar-refractivity contribution in [2.24, 2.45) is 5.10 Å². The molecule has 0 fully saturated rings. The van der Waals surface area contributed by atoms with E-state index in [9.17, 15) is 9.18 Å². The van der Waals surface area contributed by atoms with Gasteiger partial charge >= 0.3 is 0 Å². The zero-order valence-corrected chi connectivity index (χ0v) is 12.6. The maximum absolute atomic E-state index is 13.5. The molecule has 0 radical (unpaired) electrons. The molecule has 3 rings (SSSR count). The highest BCUT2D eigenvalue weighted by molar-refractivity contribution is 7.14. The molecule has 1 aromatic heterocycles. The van der Waals surface area contributed by atoms with Crippen LogP contribution in [0.3, 0.4) is 0 Å². The van der Waals surface area contributed by atoms with Gasteiger partial charge in [-0.3, -0.25) is 4.79 Å². The number of hydrogen-bond donors (Lipinski definition) is 1. The topological polar surface area (TPSA) is 41.5 Å². The number of hydrogen-bond acceptors (Lipinski definition) is 3. The average molecular weight is 323 g/mol. The minimum atomic E-state index is -0.476. The summed E-state index contributed by atoms with van der Waals surface area (Å²) in [5, 5.41) is 4.03. The number of nitrogens with one attached hydrogen (secondary N) is 1. The average Bonchev–Trinajstić information content (AvgIpc) is 3.03. The third-order valence-electron chi connectivity index (χ3n) is 3.33. The number of aryl methyl sites for hydroxylation is 2. The van der Waals surface area contributed by atoms with E-state index in [1.807, 2.05) is 6.07 Å². The van der Waals surface area contributed by atoms with Crippen LogP contribution in [0.1, 0.15) is 32.1 Å². The summed E-state index contributed by atoms with van der Waals surface area (Å²) in [4.78, 5) is 13.9. The van der Waals surface area contributed by atoms with Crippen LogP contribution in [0.4, 0.5) is 4.39 Å². The van der Waals surface area contributed by atoms with Crippen LogP contribution in [0, 0.1) is 5.82 Å². The van der Waals surface area contributed by atoms with E-state index >= 15 is 0 Å². The molecule has 0 atom stereocenters. The van der Waals surface area contributed by atoms with Gasteiger partial charge in [0.2, 0.25) is 0 Å². The van der Waals surface area contributed by atoms with Gasteiger partial charge in [0.05, 0.1) is 16.1 Å². The van der Waals surface area contributed by atoms with Gasteiger partial charge in [0, 0.05) is 10.4 Å². The third kappa shape index (κ3) is 2.99. The summed E-state index contributed by atoms with van der Waals surface area (Å²) in [5.41, 5.74) is 3.82. The molecule has 2 aromatic rings. The van der Waals surface area contributed by atoms with Crippen LogP contribution in [0.15, 0.2) is 29.4 Å². The minimum absolute atomic E-state index is 0.160. The summed E-state index contributed by atoms with van der Waals surface area (Å²) in [7, 11) is 0. The molecule has 3 nitrogen and oxygen atoms in total. The molecular weight excluding hydrogens is 311 g/mol. The highest BCUT2D eigenvalue weighted by Gasteiger charge is 2.18. The van der Waals surface area contributed by atoms with Crippen molar-refractivity contribution in [2.75, 3.05) is 0 Å². The lowest BCUT2D eigenvalue weighted by Gasteiger charge is -2.00. The molecule has 1 N–H and O–H groups in total. The zero-order valence-electron chi connectivity index (χ0n) is 11.0. The van der Waals surface area contributed by atoms with Crippen molar-refractivity contribution in [1.29, 1.82) is 0 Å². The Bertz CT molecular complexity index is 685. The molecule has 21 heavy (non-hydrogen) atoms. The first kappa shape index (κ1) is 14.2. The van der Waals surface area contributed by atoms with Crippen LogP contribution < -0.4 is 5.43 Å². The number of halogens is 2. The van der Waals surface area contributed by atoms with Crippen LogP contribution in [-0.2, 0) is 12.8 Å². The molecule has 1 aliphatic carbocycles. The first-order valence-electron chi connectivity index (χ1n) is 6.54. The molecule has 0 aliphatic heterocycles. The van der Waals surface area contributed by atoms with E-state index in [2.05, 4.69) is 10.5 Å². The first-order valence-corrected chi connectivity index (χ1v) is 7.73. The van der Waals surface area contributed by atoms with E-state index in [1.54, 1.807) is 6.07 Å². The van der Waals surface area contributed by atoms with Crippen LogP contribution in [0.2, 0.25) is 5.02 Å². The Labute approximate surface area is 130 Å². The number of nitrogens with zero attached hydrogens (tertiary/aromatic N) is 1. The Morgan fingerprint density at radius 2 is 2.29 bits per heavy atom. The molecule has 1 amide bonds. The van der Waals surface area contributed by atoms with Gasteiger partial charge in [-0.05, 0) is 43.0 Å². The Morgan fingerprint density at radius 1 is 1.43 bits per heavy atom. The van der Waals surface area contributed by atoms with Crippen molar-refractivity contribution >= 4 is 35.1 Å². The second-order valence-corrected chi connectivity index (χ2v) is 6.29. The van der Waals surface area contributed by atoms with Crippen LogP contribution in [0.25, 0.3) is 0 Å². The van der Waals surface area contributed by atoms with Crippen molar-refractivity contribution in [3.63, 3.8) is 0 Å². The van der Waals surface area contributed by atoms with Gasteiger partial charge in [-0.2, -0.15) is 5.10 Å². The number of fused-ring (bicyclic) bond motifs is 1. The van der Waals surface area contributed by atoms with Gasteiger partial charge in [0.15, 0.2) is 0 Å². The number of benzene rings is 1. The molecule has 6 heteroatoms. The molecule has 1 aliphatic rings. The lowest BCUT2D eigenvalue weighted by atomic mass is 10.2. The maximum Gasteiger partial charge on any atom is 0.281 e. The number of carbonyl (C=O) groups is 1. The summed E-state index contributed by atoms with van der Waals surface area (Å²) in [6, 6.07) is 6.28. The van der Waals surface area contributed by atoms with Gasteiger partial charge in [0.25, 0.3) is 5.91 Å². The Morgan fingerprint density at radius 3 is 3.05 bits per heavy atom. The van der Waals surface area contributed by atoms with Gasteiger partial charge in [0.1, 0.15) is 5.82 Å². The number of hydrazone groups is 1. The fourth-order valence-electron chi connectivity index (χ4n) is 2.29. The molecule has 0 bridgehead atoms. The lowest BCUT2D eigenvalue weighted by Crippen LogP contribution is -2.16.